The van der Waals surface area contributed by atoms with E-state index in [2.05, 4.69) is 15.4 Å². The van der Waals surface area contributed by atoms with Gasteiger partial charge in [0.2, 0.25) is 5.91 Å². The molecule has 3 rings (SSSR count). The summed E-state index contributed by atoms with van der Waals surface area (Å²) in [6.45, 7) is 1.97. The number of thiophene rings is 2. The van der Waals surface area contributed by atoms with Gasteiger partial charge in [0.15, 0.2) is 0 Å². The summed E-state index contributed by atoms with van der Waals surface area (Å²) in [6.07, 6.45) is 0.0557. The van der Waals surface area contributed by atoms with Crippen LogP contribution in [0.15, 0.2) is 33.2 Å². The lowest BCUT2D eigenvalue weighted by Gasteiger charge is -2.22. The smallest absolute Gasteiger partial charge is 0.414 e. The van der Waals surface area contributed by atoms with Crippen molar-refractivity contribution in [2.24, 2.45) is 0 Å². The maximum absolute atomic E-state index is 12.8. The number of rotatable bonds is 6. The van der Waals surface area contributed by atoms with Crippen LogP contribution in [0.25, 0.3) is 0 Å². The van der Waals surface area contributed by atoms with Crippen LogP contribution in [0, 0.1) is 0 Å². The summed E-state index contributed by atoms with van der Waals surface area (Å²) < 4.78 is 31.7. The van der Waals surface area contributed by atoms with Gasteiger partial charge in [-0.15, -0.1) is 22.7 Å². The summed E-state index contributed by atoms with van der Waals surface area (Å²) in [5, 5.41) is 8.18. The number of carbonyl (C=O) groups excluding carboxylic acids is 3. The minimum absolute atomic E-state index is 0.0991. The quantitative estimate of drug-likeness (QED) is 0.687. The van der Waals surface area contributed by atoms with Gasteiger partial charge in [-0.3, -0.25) is 14.9 Å². The summed E-state index contributed by atoms with van der Waals surface area (Å²) in [5.41, 5.74) is 0.0991. The molecule has 1 aliphatic heterocycles. The highest BCUT2D eigenvalue weighted by atomic mass is 32.2. The van der Waals surface area contributed by atoms with E-state index in [0.717, 1.165) is 22.7 Å². The fraction of sp³-hybridized carbons (Fsp3) is 0.353. The Kier molecular flexibility index (Phi) is 6.67. The average Bonchev–Trinajstić information content (AvgIpc) is 3.42. The third-order valence-corrected chi connectivity index (χ3v) is 8.31. The first kappa shape index (κ1) is 21.4. The molecule has 0 spiro atoms. The topological polar surface area (TPSA) is 122 Å². The second-order valence-corrected chi connectivity index (χ2v) is 10.0. The molecule has 9 nitrogen and oxygen atoms in total. The number of hydrogen-bond acceptors (Lipinski definition) is 8. The van der Waals surface area contributed by atoms with Gasteiger partial charge < -0.3 is 10.1 Å². The van der Waals surface area contributed by atoms with E-state index in [4.69, 9.17) is 0 Å². The van der Waals surface area contributed by atoms with Crippen molar-refractivity contribution < 1.29 is 27.5 Å². The molecule has 0 aromatic carbocycles. The Morgan fingerprint density at radius 1 is 1.24 bits per heavy atom. The van der Waals surface area contributed by atoms with Gasteiger partial charge in [-0.1, -0.05) is 6.07 Å². The zero-order valence-electron chi connectivity index (χ0n) is 15.4. The van der Waals surface area contributed by atoms with Crippen molar-refractivity contribution in [2.75, 3.05) is 18.5 Å². The molecule has 1 fully saturated rings. The fourth-order valence-electron chi connectivity index (χ4n) is 2.92. The number of carbonyl (C=O) groups is 3. The highest BCUT2D eigenvalue weighted by molar-refractivity contribution is 7.91. The standard InChI is InChI=1S/C17H19N3O6S3/c1-2-26-17(23)19-14(21)11-7-10-28-16(11)18-15(22)12-5-3-8-20(12)29(24,25)13-6-4-9-27-13/h4,6-7,9-10,12H,2-3,5,8H2,1H3,(H,18,22)(H,19,21,23). The molecule has 2 N–H and O–H groups in total. The minimum Gasteiger partial charge on any atom is -0.450 e. The van der Waals surface area contributed by atoms with Gasteiger partial charge in [-0.05, 0) is 42.7 Å². The van der Waals surface area contributed by atoms with Gasteiger partial charge in [0.1, 0.15) is 15.3 Å². The highest BCUT2D eigenvalue weighted by Crippen LogP contribution is 2.30. The van der Waals surface area contributed by atoms with E-state index in [0.29, 0.717) is 12.8 Å². The molecule has 1 aliphatic rings. The lowest BCUT2D eigenvalue weighted by molar-refractivity contribution is -0.119. The van der Waals surface area contributed by atoms with E-state index >= 15 is 0 Å². The fourth-order valence-corrected chi connectivity index (χ4v) is 6.49. The normalized spacial score (nSPS) is 17.1. The summed E-state index contributed by atoms with van der Waals surface area (Å²) in [6, 6.07) is 3.74. The van der Waals surface area contributed by atoms with E-state index in [1.165, 1.54) is 16.4 Å². The molecule has 1 unspecified atom stereocenters. The number of imide groups is 1. The lowest BCUT2D eigenvalue weighted by Crippen LogP contribution is -2.43. The molecule has 1 saturated heterocycles. The van der Waals surface area contributed by atoms with Gasteiger partial charge in [0, 0.05) is 6.54 Å². The Labute approximate surface area is 175 Å². The van der Waals surface area contributed by atoms with Crippen LogP contribution in [0.2, 0.25) is 0 Å². The molecular formula is C17H19N3O6S3. The highest BCUT2D eigenvalue weighted by Gasteiger charge is 2.40. The number of nitrogens with one attached hydrogen (secondary N) is 2. The van der Waals surface area contributed by atoms with Gasteiger partial charge in [-0.25, -0.2) is 13.2 Å². The number of sulfonamides is 1. The number of amides is 3. The minimum atomic E-state index is -3.76. The third kappa shape index (κ3) is 4.66. The van der Waals surface area contributed by atoms with Crippen molar-refractivity contribution in [2.45, 2.75) is 30.0 Å². The predicted octanol–water partition coefficient (Wildman–Crippen LogP) is 2.49. The van der Waals surface area contributed by atoms with Crippen LogP contribution in [-0.4, -0.2) is 49.8 Å². The van der Waals surface area contributed by atoms with Crippen molar-refractivity contribution >= 4 is 55.6 Å². The maximum Gasteiger partial charge on any atom is 0.414 e. The van der Waals surface area contributed by atoms with Crippen LogP contribution >= 0.6 is 22.7 Å². The van der Waals surface area contributed by atoms with Crippen LogP contribution in [0.5, 0.6) is 0 Å². The van der Waals surface area contributed by atoms with E-state index < -0.39 is 34.0 Å². The average molecular weight is 458 g/mol. The van der Waals surface area contributed by atoms with Crippen LogP contribution < -0.4 is 10.6 Å². The first-order chi connectivity index (χ1) is 13.8. The second-order valence-electron chi connectivity index (χ2n) is 6.03. The molecule has 12 heteroatoms. The molecule has 0 aliphatic carbocycles. The summed E-state index contributed by atoms with van der Waals surface area (Å²) in [5.74, 6) is -1.23. The van der Waals surface area contributed by atoms with Gasteiger partial charge in [-0.2, -0.15) is 4.31 Å². The Hall–Kier alpha value is -2.28. The number of ether oxygens (including phenoxy) is 1. The predicted molar refractivity (Wildman–Crippen MR) is 109 cm³/mol. The SMILES string of the molecule is CCOC(=O)NC(=O)c1ccsc1NC(=O)C1CCCN1S(=O)(=O)c1cccs1. The Bertz CT molecular complexity index is 1000. The van der Waals surface area contributed by atoms with Gasteiger partial charge in [0.05, 0.1) is 12.2 Å². The maximum atomic E-state index is 12.8. The zero-order valence-corrected chi connectivity index (χ0v) is 17.9. The molecule has 0 bridgehead atoms. The molecule has 2 aromatic rings. The molecule has 3 heterocycles. The number of hydrogen-bond donors (Lipinski definition) is 2. The molecule has 0 radical (unpaired) electrons. The van der Waals surface area contributed by atoms with Crippen LogP contribution in [0.4, 0.5) is 9.80 Å². The molecule has 1 atom stereocenters. The van der Waals surface area contributed by atoms with E-state index in [-0.39, 0.29) is 27.9 Å². The Balaban J connectivity index is 1.73. The van der Waals surface area contributed by atoms with Crippen LogP contribution in [0.3, 0.4) is 0 Å². The van der Waals surface area contributed by atoms with Gasteiger partial charge >= 0.3 is 6.09 Å². The van der Waals surface area contributed by atoms with Gasteiger partial charge in [0.25, 0.3) is 15.9 Å². The van der Waals surface area contributed by atoms with Crippen LogP contribution in [-0.2, 0) is 19.6 Å². The third-order valence-electron chi connectivity index (χ3n) is 4.20. The molecule has 29 heavy (non-hydrogen) atoms. The lowest BCUT2D eigenvalue weighted by atomic mass is 10.2. The van der Waals surface area contributed by atoms with Crippen molar-refractivity contribution in [1.29, 1.82) is 0 Å². The zero-order chi connectivity index (χ0) is 21.0. The number of alkyl carbamates (subject to hydrolysis) is 1. The molecule has 156 valence electrons. The van der Waals surface area contributed by atoms with Crippen molar-refractivity contribution in [1.82, 2.24) is 9.62 Å². The summed E-state index contributed by atoms with van der Waals surface area (Å²) in [4.78, 5) is 36.5. The molecule has 2 aromatic heterocycles. The second kappa shape index (κ2) is 9.03. The first-order valence-electron chi connectivity index (χ1n) is 8.76. The number of nitrogens with zero attached hydrogens (tertiary/aromatic N) is 1. The molecule has 3 amide bonds. The summed E-state index contributed by atoms with van der Waals surface area (Å²) in [7, 11) is -3.76. The molecule has 0 saturated carbocycles. The van der Waals surface area contributed by atoms with E-state index in [1.807, 2.05) is 0 Å². The van der Waals surface area contributed by atoms with Crippen molar-refractivity contribution in [3.05, 3.63) is 34.5 Å². The van der Waals surface area contributed by atoms with E-state index in [1.54, 1.807) is 23.8 Å². The van der Waals surface area contributed by atoms with Crippen LogP contribution in [0.1, 0.15) is 30.1 Å². The van der Waals surface area contributed by atoms with Crippen molar-refractivity contribution in [3.8, 4) is 0 Å². The Morgan fingerprint density at radius 2 is 2.03 bits per heavy atom. The monoisotopic (exact) mass is 457 g/mol. The first-order valence-corrected chi connectivity index (χ1v) is 12.0. The summed E-state index contributed by atoms with van der Waals surface area (Å²) >= 11 is 2.20. The number of anilines is 1. The van der Waals surface area contributed by atoms with E-state index in [9.17, 15) is 22.8 Å². The van der Waals surface area contributed by atoms with Crippen molar-refractivity contribution in [3.63, 3.8) is 0 Å². The Morgan fingerprint density at radius 3 is 2.72 bits per heavy atom. The molecular weight excluding hydrogens is 438 g/mol. The largest absolute Gasteiger partial charge is 0.450 e.